The molecule has 18 heavy (non-hydrogen) atoms. The van der Waals surface area contributed by atoms with Gasteiger partial charge in [-0.15, -0.1) is 0 Å². The molecule has 3 nitrogen and oxygen atoms in total. The predicted molar refractivity (Wildman–Crippen MR) is 73.5 cm³/mol. The van der Waals surface area contributed by atoms with Gasteiger partial charge in [0, 0.05) is 0 Å². The number of nitrogens with one attached hydrogen (secondary N) is 1. The van der Waals surface area contributed by atoms with Gasteiger partial charge >= 0.3 is 0 Å². The molecule has 2 aromatic carbocycles. The second kappa shape index (κ2) is 3.82. The molecule has 0 saturated carbocycles. The average molecular weight is 237 g/mol. The molecule has 3 aromatic rings. The molecule has 0 radical (unpaired) electrons. The highest BCUT2D eigenvalue weighted by molar-refractivity contribution is 5.95. The molecule has 1 aliphatic heterocycles. The van der Waals surface area contributed by atoms with Crippen LogP contribution in [0.5, 0.6) is 0 Å². The summed E-state index contributed by atoms with van der Waals surface area (Å²) in [5.41, 5.74) is 2.32. The van der Waals surface area contributed by atoms with Gasteiger partial charge < -0.3 is 4.57 Å². The van der Waals surface area contributed by atoms with Crippen molar-refractivity contribution in [2.45, 2.75) is 19.0 Å². The molecule has 0 aliphatic carbocycles. The van der Waals surface area contributed by atoms with Crippen LogP contribution in [0.15, 0.2) is 42.7 Å². The van der Waals surface area contributed by atoms with Crippen LogP contribution in [0.1, 0.15) is 19.0 Å². The molecule has 1 saturated heterocycles. The lowest BCUT2D eigenvalue weighted by Gasteiger charge is -2.13. The Balaban J connectivity index is 1.96. The quantitative estimate of drug-likeness (QED) is 0.705. The minimum Gasteiger partial charge on any atom is -0.314 e. The van der Waals surface area contributed by atoms with Gasteiger partial charge in [-0.3, -0.25) is 5.32 Å². The lowest BCUT2D eigenvalue weighted by Crippen LogP contribution is -2.18. The molecule has 2 heterocycles. The molecule has 0 amide bonds. The van der Waals surface area contributed by atoms with E-state index in [1.165, 1.54) is 29.1 Å². The summed E-state index contributed by atoms with van der Waals surface area (Å²) in [6.07, 6.45) is 4.82. The molecule has 1 atom stereocenters. The van der Waals surface area contributed by atoms with Crippen molar-refractivity contribution in [1.29, 1.82) is 0 Å². The zero-order valence-electron chi connectivity index (χ0n) is 10.1. The molecule has 0 bridgehead atoms. The number of benzene rings is 2. The molecule has 1 fully saturated rings. The second-order valence-electron chi connectivity index (χ2n) is 4.95. The summed E-state index contributed by atoms with van der Waals surface area (Å²) in [6.45, 7) is 1.11. The lowest BCUT2D eigenvalue weighted by molar-refractivity contribution is 0.481. The Hall–Kier alpha value is -1.87. The Morgan fingerprint density at radius 3 is 2.78 bits per heavy atom. The third-order valence-electron chi connectivity index (χ3n) is 3.81. The van der Waals surface area contributed by atoms with E-state index in [1.807, 2.05) is 6.33 Å². The van der Waals surface area contributed by atoms with Gasteiger partial charge in [-0.1, -0.05) is 24.3 Å². The summed E-state index contributed by atoms with van der Waals surface area (Å²) in [5, 5.41) is 6.06. The van der Waals surface area contributed by atoms with Crippen LogP contribution in [-0.4, -0.2) is 16.1 Å². The monoisotopic (exact) mass is 237 g/mol. The van der Waals surface area contributed by atoms with Crippen LogP contribution >= 0.6 is 0 Å². The molecule has 1 aromatic heterocycles. The second-order valence-corrected chi connectivity index (χ2v) is 4.95. The molecule has 1 aliphatic rings. The van der Waals surface area contributed by atoms with Gasteiger partial charge in [-0.25, -0.2) is 4.98 Å². The fourth-order valence-corrected chi connectivity index (χ4v) is 2.87. The smallest absolute Gasteiger partial charge is 0.0971 e. The summed E-state index contributed by atoms with van der Waals surface area (Å²) >= 11 is 0. The van der Waals surface area contributed by atoms with Crippen molar-refractivity contribution >= 4 is 21.8 Å². The number of fused-ring (bicyclic) bond motifs is 2. The Labute approximate surface area is 105 Å². The number of hydrogen-bond donors (Lipinski definition) is 1. The number of imidazole rings is 1. The first-order valence-corrected chi connectivity index (χ1v) is 6.50. The fraction of sp³-hybridized carbons (Fsp3) is 0.267. The van der Waals surface area contributed by atoms with E-state index < -0.39 is 0 Å². The van der Waals surface area contributed by atoms with E-state index in [0.29, 0.717) is 6.17 Å². The van der Waals surface area contributed by atoms with Crippen molar-refractivity contribution in [3.8, 4) is 0 Å². The first-order valence-electron chi connectivity index (χ1n) is 6.50. The van der Waals surface area contributed by atoms with Crippen molar-refractivity contribution in [2.75, 3.05) is 6.54 Å². The third-order valence-corrected chi connectivity index (χ3v) is 3.81. The van der Waals surface area contributed by atoms with Gasteiger partial charge in [0.25, 0.3) is 0 Å². The van der Waals surface area contributed by atoms with Gasteiger partial charge in [-0.05, 0) is 42.3 Å². The maximum Gasteiger partial charge on any atom is 0.0971 e. The largest absolute Gasteiger partial charge is 0.314 e. The summed E-state index contributed by atoms with van der Waals surface area (Å²) < 4.78 is 2.27. The van der Waals surface area contributed by atoms with E-state index in [2.05, 4.69) is 51.3 Å². The Kier molecular flexibility index (Phi) is 2.14. The van der Waals surface area contributed by atoms with Gasteiger partial charge in [0.2, 0.25) is 0 Å². The van der Waals surface area contributed by atoms with E-state index in [-0.39, 0.29) is 0 Å². The van der Waals surface area contributed by atoms with Crippen LogP contribution in [-0.2, 0) is 0 Å². The lowest BCUT2D eigenvalue weighted by atomic mass is 10.1. The minimum atomic E-state index is 0.413. The number of rotatable bonds is 1. The van der Waals surface area contributed by atoms with Crippen molar-refractivity contribution in [2.24, 2.45) is 0 Å². The van der Waals surface area contributed by atoms with Crippen LogP contribution in [0.3, 0.4) is 0 Å². The molecule has 1 N–H and O–H groups in total. The highest BCUT2D eigenvalue weighted by Crippen LogP contribution is 2.26. The van der Waals surface area contributed by atoms with Crippen molar-refractivity contribution < 1.29 is 0 Å². The van der Waals surface area contributed by atoms with Crippen molar-refractivity contribution in [1.82, 2.24) is 14.9 Å². The minimum absolute atomic E-state index is 0.413. The Morgan fingerprint density at radius 2 is 2.00 bits per heavy atom. The van der Waals surface area contributed by atoms with E-state index in [1.54, 1.807) is 0 Å². The zero-order valence-corrected chi connectivity index (χ0v) is 10.1. The maximum atomic E-state index is 4.54. The van der Waals surface area contributed by atoms with Gasteiger partial charge in [0.15, 0.2) is 0 Å². The van der Waals surface area contributed by atoms with E-state index in [9.17, 15) is 0 Å². The number of nitrogens with zero attached hydrogens (tertiary/aromatic N) is 2. The fourth-order valence-electron chi connectivity index (χ4n) is 2.87. The number of aromatic nitrogens is 2. The van der Waals surface area contributed by atoms with Crippen molar-refractivity contribution in [3.63, 3.8) is 0 Å². The maximum absolute atomic E-state index is 4.54. The van der Waals surface area contributed by atoms with Crippen LogP contribution in [0.25, 0.3) is 21.8 Å². The normalized spacial score (nSPS) is 19.9. The van der Waals surface area contributed by atoms with Gasteiger partial charge in [0.05, 0.1) is 23.5 Å². The zero-order chi connectivity index (χ0) is 11.9. The molecular weight excluding hydrogens is 222 g/mol. The first-order chi connectivity index (χ1) is 8.92. The third kappa shape index (κ3) is 1.44. The average Bonchev–Trinajstić information content (AvgIpc) is 3.04. The highest BCUT2D eigenvalue weighted by Gasteiger charge is 2.17. The molecule has 90 valence electrons. The molecule has 1 unspecified atom stereocenters. The van der Waals surface area contributed by atoms with E-state index >= 15 is 0 Å². The molecule has 4 rings (SSSR count). The van der Waals surface area contributed by atoms with Crippen LogP contribution in [0, 0.1) is 0 Å². The highest BCUT2D eigenvalue weighted by atomic mass is 15.2. The summed E-state index contributed by atoms with van der Waals surface area (Å²) in [6, 6.07) is 12.9. The molecule has 3 heteroatoms. The van der Waals surface area contributed by atoms with Crippen LogP contribution in [0.2, 0.25) is 0 Å². The molecule has 0 spiro atoms. The Morgan fingerprint density at radius 1 is 1.17 bits per heavy atom. The summed E-state index contributed by atoms with van der Waals surface area (Å²) in [5.74, 6) is 0. The topological polar surface area (TPSA) is 29.9 Å². The van der Waals surface area contributed by atoms with Crippen LogP contribution < -0.4 is 5.32 Å². The first kappa shape index (κ1) is 10.1. The number of hydrogen-bond acceptors (Lipinski definition) is 2. The summed E-state index contributed by atoms with van der Waals surface area (Å²) in [7, 11) is 0. The van der Waals surface area contributed by atoms with Crippen molar-refractivity contribution in [3.05, 3.63) is 42.7 Å². The predicted octanol–water partition coefficient (Wildman–Crippen LogP) is 3.07. The Bertz CT molecular complexity index is 708. The standard InChI is InChI=1S/C15H15N3/c1-2-5-12-9-14-13(8-11(12)4-1)17-10-18(14)15-6-3-7-16-15/h1-2,4-5,8-10,15-16H,3,6-7H2. The van der Waals surface area contributed by atoms with Gasteiger partial charge in [-0.2, -0.15) is 0 Å². The van der Waals surface area contributed by atoms with E-state index in [0.717, 1.165) is 12.1 Å². The summed E-state index contributed by atoms with van der Waals surface area (Å²) in [4.78, 5) is 4.54. The van der Waals surface area contributed by atoms with Crippen LogP contribution in [0.4, 0.5) is 0 Å². The van der Waals surface area contributed by atoms with E-state index in [4.69, 9.17) is 0 Å². The SMILES string of the molecule is c1ccc2cc3c(cc2c1)ncn3C1CCCN1. The van der Waals surface area contributed by atoms with Gasteiger partial charge in [0.1, 0.15) is 0 Å². The molecular formula is C15H15N3.